The fourth-order valence-corrected chi connectivity index (χ4v) is 3.89. The van der Waals surface area contributed by atoms with E-state index in [0.717, 1.165) is 16.6 Å². The Morgan fingerprint density at radius 2 is 1.73 bits per heavy atom. The predicted octanol–water partition coefficient (Wildman–Crippen LogP) is 4.97. The lowest BCUT2D eigenvalue weighted by Gasteiger charge is -2.15. The number of hydrogen-bond acceptors (Lipinski definition) is 2. The smallest absolute Gasteiger partial charge is 0.209 e. The normalized spacial score (nSPS) is 15.8. The number of phenols is 1. The monoisotopic (exact) mass is 343 g/mol. The number of rotatable bonds is 2. The molecule has 0 saturated heterocycles. The van der Waals surface area contributed by atoms with E-state index in [9.17, 15) is 5.11 Å². The Bertz CT molecular complexity index is 1090. The molecule has 0 aliphatic carbocycles. The minimum Gasteiger partial charge on any atom is -0.505 e. The van der Waals surface area contributed by atoms with Crippen LogP contribution in [0.4, 0.5) is 5.69 Å². The molecule has 4 rings (SSSR count). The Morgan fingerprint density at radius 3 is 2.50 bits per heavy atom. The van der Waals surface area contributed by atoms with Gasteiger partial charge in [0.15, 0.2) is 5.71 Å². The SMILES string of the molecule is Cc1ccc2ccc(/C=C\C3=[N+](C)c4ccccc4C3(C)C)c(O)c2n1. The van der Waals surface area contributed by atoms with E-state index < -0.39 is 0 Å². The second-order valence-corrected chi connectivity index (χ2v) is 7.45. The van der Waals surface area contributed by atoms with Crippen molar-refractivity contribution >= 4 is 28.4 Å². The first-order valence-corrected chi connectivity index (χ1v) is 8.87. The van der Waals surface area contributed by atoms with E-state index in [0.29, 0.717) is 5.52 Å². The number of nitrogens with zero attached hydrogens (tertiary/aromatic N) is 2. The van der Waals surface area contributed by atoms with Gasteiger partial charge < -0.3 is 5.11 Å². The highest BCUT2D eigenvalue weighted by Gasteiger charge is 2.42. The molecule has 0 amide bonds. The van der Waals surface area contributed by atoms with Crippen LogP contribution in [0.3, 0.4) is 0 Å². The number of pyridine rings is 1. The summed E-state index contributed by atoms with van der Waals surface area (Å²) in [5.74, 6) is 0.235. The van der Waals surface area contributed by atoms with Crippen LogP contribution in [0.25, 0.3) is 17.0 Å². The Hall–Kier alpha value is -2.94. The highest BCUT2D eigenvalue weighted by Crippen LogP contribution is 2.39. The fourth-order valence-electron chi connectivity index (χ4n) is 3.89. The molecular formula is C23H23N2O+. The van der Waals surface area contributed by atoms with Gasteiger partial charge in [-0.15, -0.1) is 0 Å². The number of aryl methyl sites for hydroxylation is 1. The Balaban J connectivity index is 1.79. The van der Waals surface area contributed by atoms with Crippen molar-refractivity contribution in [1.82, 2.24) is 4.98 Å². The Labute approximate surface area is 154 Å². The van der Waals surface area contributed by atoms with Gasteiger partial charge in [0, 0.05) is 34.3 Å². The van der Waals surface area contributed by atoms with E-state index in [4.69, 9.17) is 0 Å². The van der Waals surface area contributed by atoms with Crippen molar-refractivity contribution in [2.45, 2.75) is 26.2 Å². The Morgan fingerprint density at radius 1 is 1.00 bits per heavy atom. The number of allylic oxidation sites excluding steroid dienone is 1. The van der Waals surface area contributed by atoms with Crippen molar-refractivity contribution in [3.63, 3.8) is 0 Å². The molecular weight excluding hydrogens is 320 g/mol. The van der Waals surface area contributed by atoms with Gasteiger partial charge >= 0.3 is 0 Å². The molecule has 130 valence electrons. The number of hydrogen-bond donors (Lipinski definition) is 1. The maximum atomic E-state index is 10.7. The maximum absolute atomic E-state index is 10.7. The van der Waals surface area contributed by atoms with Crippen LogP contribution < -0.4 is 0 Å². The van der Waals surface area contributed by atoms with Crippen molar-refractivity contribution in [1.29, 1.82) is 0 Å². The summed E-state index contributed by atoms with van der Waals surface area (Å²) in [6, 6.07) is 16.4. The van der Waals surface area contributed by atoms with Crippen molar-refractivity contribution in [3.8, 4) is 5.75 Å². The zero-order valence-corrected chi connectivity index (χ0v) is 15.6. The minimum absolute atomic E-state index is 0.0802. The van der Waals surface area contributed by atoms with Crippen molar-refractivity contribution in [2.75, 3.05) is 7.05 Å². The highest BCUT2D eigenvalue weighted by atomic mass is 16.3. The molecule has 3 heteroatoms. The predicted molar refractivity (Wildman–Crippen MR) is 107 cm³/mol. The van der Waals surface area contributed by atoms with Crippen LogP contribution in [0.2, 0.25) is 0 Å². The third kappa shape index (κ3) is 2.43. The fraction of sp³-hybridized carbons (Fsp3) is 0.217. The summed E-state index contributed by atoms with van der Waals surface area (Å²) in [5, 5.41) is 11.6. The standard InChI is InChI=1S/C23H22N2O/c1-15-9-10-16-11-12-17(22(26)21(16)24-15)13-14-20-23(2,3)18-7-5-6-8-19(18)25(20)4/h5-14H,1-4H3/p+1. The molecule has 1 aliphatic rings. The molecule has 0 atom stereocenters. The van der Waals surface area contributed by atoms with Gasteiger partial charge in [-0.1, -0.05) is 36.4 Å². The molecule has 26 heavy (non-hydrogen) atoms. The summed E-state index contributed by atoms with van der Waals surface area (Å²) in [7, 11) is 2.10. The topological polar surface area (TPSA) is 36.1 Å². The molecule has 2 heterocycles. The van der Waals surface area contributed by atoms with Crippen LogP contribution in [0.15, 0.2) is 54.6 Å². The van der Waals surface area contributed by atoms with Crippen molar-refractivity contribution < 1.29 is 9.68 Å². The molecule has 2 aromatic carbocycles. The van der Waals surface area contributed by atoms with Crippen LogP contribution in [-0.4, -0.2) is 27.4 Å². The van der Waals surface area contributed by atoms with Crippen LogP contribution in [0.1, 0.15) is 30.7 Å². The second-order valence-electron chi connectivity index (χ2n) is 7.45. The molecule has 0 unspecified atom stereocenters. The molecule has 3 nitrogen and oxygen atoms in total. The Kier molecular flexibility index (Phi) is 3.69. The summed E-state index contributed by atoms with van der Waals surface area (Å²) >= 11 is 0. The summed E-state index contributed by atoms with van der Waals surface area (Å²) in [6.07, 6.45) is 4.09. The molecule has 0 bridgehead atoms. The van der Waals surface area contributed by atoms with E-state index in [-0.39, 0.29) is 11.2 Å². The highest BCUT2D eigenvalue weighted by molar-refractivity contribution is 6.05. The molecule has 0 saturated carbocycles. The van der Waals surface area contributed by atoms with Gasteiger partial charge in [-0.3, -0.25) is 0 Å². The zero-order chi connectivity index (χ0) is 18.5. The minimum atomic E-state index is -0.0802. The average Bonchev–Trinajstić information content (AvgIpc) is 2.82. The number of phenolic OH excluding ortho intramolecular Hbond substituents is 1. The third-order valence-electron chi connectivity index (χ3n) is 5.37. The van der Waals surface area contributed by atoms with Gasteiger partial charge in [0.25, 0.3) is 0 Å². The molecule has 0 fully saturated rings. The summed E-state index contributed by atoms with van der Waals surface area (Å²) < 4.78 is 2.23. The lowest BCUT2D eigenvalue weighted by atomic mass is 9.81. The molecule has 0 spiro atoms. The molecule has 1 aromatic heterocycles. The number of fused-ring (bicyclic) bond motifs is 2. The van der Waals surface area contributed by atoms with E-state index in [2.05, 4.69) is 60.8 Å². The van der Waals surface area contributed by atoms with Crippen LogP contribution in [-0.2, 0) is 5.41 Å². The largest absolute Gasteiger partial charge is 0.505 e. The summed E-state index contributed by atoms with van der Waals surface area (Å²) in [6.45, 7) is 6.41. The van der Waals surface area contributed by atoms with Gasteiger partial charge in [0.2, 0.25) is 5.69 Å². The molecule has 1 aliphatic heterocycles. The second kappa shape index (κ2) is 5.80. The van der Waals surface area contributed by atoms with E-state index in [1.54, 1.807) is 0 Å². The summed E-state index contributed by atoms with van der Waals surface area (Å²) in [4.78, 5) is 4.49. The number of para-hydroxylation sites is 1. The first kappa shape index (κ1) is 16.5. The van der Waals surface area contributed by atoms with Crippen LogP contribution in [0, 0.1) is 6.92 Å². The number of aromatic hydroxyl groups is 1. The van der Waals surface area contributed by atoms with E-state index in [1.165, 1.54) is 17.0 Å². The molecule has 0 radical (unpaired) electrons. The summed E-state index contributed by atoms with van der Waals surface area (Å²) in [5.41, 5.74) is 6.01. The number of benzene rings is 2. The van der Waals surface area contributed by atoms with Crippen LogP contribution >= 0.6 is 0 Å². The van der Waals surface area contributed by atoms with Gasteiger partial charge in [-0.25, -0.2) is 4.98 Å². The average molecular weight is 343 g/mol. The quantitative estimate of drug-likeness (QED) is 0.667. The van der Waals surface area contributed by atoms with Gasteiger partial charge in [-0.05, 0) is 32.9 Å². The van der Waals surface area contributed by atoms with Crippen LogP contribution in [0.5, 0.6) is 5.75 Å². The van der Waals surface area contributed by atoms with Crippen molar-refractivity contribution in [3.05, 3.63) is 71.4 Å². The number of aromatic nitrogens is 1. The maximum Gasteiger partial charge on any atom is 0.209 e. The van der Waals surface area contributed by atoms with Gasteiger partial charge in [-0.2, -0.15) is 4.58 Å². The lowest BCUT2D eigenvalue weighted by Crippen LogP contribution is -2.26. The van der Waals surface area contributed by atoms with Crippen molar-refractivity contribution in [2.24, 2.45) is 0 Å². The first-order valence-electron chi connectivity index (χ1n) is 8.87. The third-order valence-corrected chi connectivity index (χ3v) is 5.37. The molecule has 1 N–H and O–H groups in total. The first-order chi connectivity index (χ1) is 12.4. The van der Waals surface area contributed by atoms with E-state index >= 15 is 0 Å². The van der Waals surface area contributed by atoms with E-state index in [1.807, 2.05) is 37.3 Å². The van der Waals surface area contributed by atoms with Gasteiger partial charge in [0.05, 0.1) is 5.41 Å². The van der Waals surface area contributed by atoms with Gasteiger partial charge in [0.1, 0.15) is 18.3 Å². The molecule has 3 aromatic rings. The zero-order valence-electron chi connectivity index (χ0n) is 15.6. The lowest BCUT2D eigenvalue weighted by molar-refractivity contribution is -0.401.